The van der Waals surface area contributed by atoms with Crippen molar-refractivity contribution in [3.63, 3.8) is 0 Å². The molecule has 0 saturated heterocycles. The first kappa shape index (κ1) is 17.1. The second-order valence-corrected chi connectivity index (χ2v) is 5.45. The number of carbonyl (C=O) groups excluding carboxylic acids is 2. The van der Waals surface area contributed by atoms with Gasteiger partial charge in [0, 0.05) is 23.4 Å². The van der Waals surface area contributed by atoms with Crippen LogP contribution in [0.5, 0.6) is 0 Å². The first-order chi connectivity index (χ1) is 11.4. The maximum atomic E-state index is 12.2. The summed E-state index contributed by atoms with van der Waals surface area (Å²) in [6.45, 7) is 3.58. The molecular weight excluding hydrogens is 310 g/mol. The van der Waals surface area contributed by atoms with Crippen LogP contribution in [0.25, 0.3) is 0 Å². The van der Waals surface area contributed by atoms with Crippen molar-refractivity contribution in [2.24, 2.45) is 5.92 Å². The van der Waals surface area contributed by atoms with Crippen molar-refractivity contribution >= 4 is 28.9 Å². The lowest BCUT2D eigenvalue weighted by molar-refractivity contribution is -0.385. The normalized spacial score (nSPS) is 10.3. The van der Waals surface area contributed by atoms with E-state index in [2.05, 4.69) is 10.6 Å². The molecule has 0 bridgehead atoms. The van der Waals surface area contributed by atoms with Crippen molar-refractivity contribution in [3.05, 3.63) is 64.2 Å². The number of para-hydroxylation sites is 1. The topological polar surface area (TPSA) is 101 Å². The molecule has 7 nitrogen and oxygen atoms in total. The van der Waals surface area contributed by atoms with Gasteiger partial charge in [-0.25, -0.2) is 0 Å². The third kappa shape index (κ3) is 4.16. The van der Waals surface area contributed by atoms with Crippen molar-refractivity contribution in [2.75, 3.05) is 10.6 Å². The fraction of sp³-hybridized carbons (Fsp3) is 0.176. The largest absolute Gasteiger partial charge is 0.326 e. The highest BCUT2D eigenvalue weighted by Crippen LogP contribution is 2.20. The van der Waals surface area contributed by atoms with Crippen LogP contribution in [0.15, 0.2) is 48.5 Å². The van der Waals surface area contributed by atoms with Crippen molar-refractivity contribution in [2.45, 2.75) is 13.8 Å². The smallest absolute Gasteiger partial charge is 0.282 e. The minimum atomic E-state index is -0.598. The first-order valence-electron chi connectivity index (χ1n) is 7.34. The summed E-state index contributed by atoms with van der Waals surface area (Å²) >= 11 is 0. The van der Waals surface area contributed by atoms with Gasteiger partial charge in [-0.05, 0) is 30.3 Å². The number of hydrogen-bond donors (Lipinski definition) is 2. The molecular formula is C17H17N3O4. The zero-order valence-electron chi connectivity index (χ0n) is 13.3. The van der Waals surface area contributed by atoms with E-state index in [0.29, 0.717) is 11.4 Å². The Kier molecular flexibility index (Phi) is 5.26. The number of nitro groups is 1. The Labute approximate surface area is 138 Å². The lowest BCUT2D eigenvalue weighted by atomic mass is 10.1. The summed E-state index contributed by atoms with van der Waals surface area (Å²) in [4.78, 5) is 34.2. The molecule has 24 heavy (non-hydrogen) atoms. The highest BCUT2D eigenvalue weighted by atomic mass is 16.6. The van der Waals surface area contributed by atoms with E-state index in [1.165, 1.54) is 18.2 Å². The second kappa shape index (κ2) is 7.36. The van der Waals surface area contributed by atoms with Gasteiger partial charge in [0.1, 0.15) is 5.56 Å². The zero-order chi connectivity index (χ0) is 17.7. The lowest BCUT2D eigenvalue weighted by Crippen LogP contribution is -2.17. The van der Waals surface area contributed by atoms with E-state index in [4.69, 9.17) is 0 Å². The van der Waals surface area contributed by atoms with Crippen molar-refractivity contribution < 1.29 is 14.5 Å². The number of benzene rings is 2. The summed E-state index contributed by atoms with van der Waals surface area (Å²) in [6, 6.07) is 12.3. The maximum Gasteiger partial charge on any atom is 0.282 e. The number of amides is 2. The minimum Gasteiger partial charge on any atom is -0.326 e. The van der Waals surface area contributed by atoms with E-state index in [1.54, 1.807) is 44.2 Å². The molecule has 7 heteroatoms. The molecule has 0 aliphatic heterocycles. The van der Waals surface area contributed by atoms with E-state index in [9.17, 15) is 19.7 Å². The predicted molar refractivity (Wildman–Crippen MR) is 91.0 cm³/mol. The van der Waals surface area contributed by atoms with Crippen LogP contribution in [0.4, 0.5) is 17.1 Å². The average Bonchev–Trinajstić information content (AvgIpc) is 2.56. The van der Waals surface area contributed by atoms with Gasteiger partial charge in [-0.1, -0.05) is 26.0 Å². The molecule has 0 aromatic heterocycles. The number of nitrogens with one attached hydrogen (secondary N) is 2. The van der Waals surface area contributed by atoms with Crippen LogP contribution in [0.1, 0.15) is 24.2 Å². The number of carbonyl (C=O) groups is 2. The van der Waals surface area contributed by atoms with Gasteiger partial charge in [-0.3, -0.25) is 19.7 Å². The summed E-state index contributed by atoms with van der Waals surface area (Å²) in [5, 5.41) is 16.3. The molecule has 0 spiro atoms. The second-order valence-electron chi connectivity index (χ2n) is 5.45. The van der Waals surface area contributed by atoms with E-state index in [0.717, 1.165) is 0 Å². The number of nitrogens with zero attached hydrogens (tertiary/aromatic N) is 1. The molecule has 2 rings (SSSR count). The van der Waals surface area contributed by atoms with Crippen LogP contribution in [0, 0.1) is 16.0 Å². The number of anilines is 2. The molecule has 0 aliphatic rings. The number of rotatable bonds is 5. The fourth-order valence-corrected chi connectivity index (χ4v) is 1.95. The lowest BCUT2D eigenvalue weighted by Gasteiger charge is -2.09. The summed E-state index contributed by atoms with van der Waals surface area (Å²) in [6.07, 6.45) is 0. The van der Waals surface area contributed by atoms with Crippen molar-refractivity contribution in [1.29, 1.82) is 0 Å². The predicted octanol–water partition coefficient (Wildman–Crippen LogP) is 3.44. The van der Waals surface area contributed by atoms with Gasteiger partial charge in [0.2, 0.25) is 5.91 Å². The van der Waals surface area contributed by atoms with Gasteiger partial charge < -0.3 is 10.6 Å². The van der Waals surface area contributed by atoms with Crippen LogP contribution in [-0.2, 0) is 4.79 Å². The molecule has 0 atom stereocenters. The Morgan fingerprint density at radius 1 is 0.958 bits per heavy atom. The fourth-order valence-electron chi connectivity index (χ4n) is 1.95. The number of hydrogen-bond acceptors (Lipinski definition) is 4. The minimum absolute atomic E-state index is 0.0142. The Bertz CT molecular complexity index is 770. The van der Waals surface area contributed by atoms with E-state index in [-0.39, 0.29) is 23.1 Å². The average molecular weight is 327 g/mol. The van der Waals surface area contributed by atoms with Gasteiger partial charge in [0.15, 0.2) is 0 Å². The Morgan fingerprint density at radius 3 is 2.04 bits per heavy atom. The maximum absolute atomic E-state index is 12.2. The summed E-state index contributed by atoms with van der Waals surface area (Å²) < 4.78 is 0. The molecule has 0 unspecified atom stereocenters. The van der Waals surface area contributed by atoms with Gasteiger partial charge in [0.05, 0.1) is 4.92 Å². The molecule has 2 amide bonds. The highest BCUT2D eigenvalue weighted by molar-refractivity contribution is 6.07. The van der Waals surface area contributed by atoms with E-state index >= 15 is 0 Å². The van der Waals surface area contributed by atoms with E-state index < -0.39 is 10.8 Å². The molecule has 124 valence electrons. The van der Waals surface area contributed by atoms with Gasteiger partial charge in [-0.2, -0.15) is 0 Å². The molecule has 0 saturated carbocycles. The molecule has 2 N–H and O–H groups in total. The van der Waals surface area contributed by atoms with Gasteiger partial charge in [0.25, 0.3) is 11.6 Å². The zero-order valence-corrected chi connectivity index (χ0v) is 13.3. The standard InChI is InChI=1S/C17H17N3O4/c1-11(2)16(21)18-12-7-9-13(10-8-12)19-17(22)14-5-3-4-6-15(14)20(23)24/h3-11H,1-2H3,(H,18,21)(H,19,22). The van der Waals surface area contributed by atoms with Gasteiger partial charge in [-0.15, -0.1) is 0 Å². The molecule has 0 radical (unpaired) electrons. The van der Waals surface area contributed by atoms with Gasteiger partial charge >= 0.3 is 0 Å². The molecule has 0 heterocycles. The van der Waals surface area contributed by atoms with Crippen molar-refractivity contribution in [1.82, 2.24) is 0 Å². The van der Waals surface area contributed by atoms with Crippen LogP contribution < -0.4 is 10.6 Å². The van der Waals surface area contributed by atoms with Crippen LogP contribution in [0.2, 0.25) is 0 Å². The molecule has 2 aromatic carbocycles. The Morgan fingerprint density at radius 2 is 1.50 bits per heavy atom. The van der Waals surface area contributed by atoms with Crippen LogP contribution >= 0.6 is 0 Å². The summed E-state index contributed by atoms with van der Waals surface area (Å²) in [7, 11) is 0. The summed E-state index contributed by atoms with van der Waals surface area (Å²) in [5.41, 5.74) is 0.814. The molecule has 0 aliphatic carbocycles. The summed E-state index contributed by atoms with van der Waals surface area (Å²) in [5.74, 6) is -0.809. The van der Waals surface area contributed by atoms with Crippen LogP contribution in [-0.4, -0.2) is 16.7 Å². The molecule has 0 fully saturated rings. The quantitative estimate of drug-likeness (QED) is 0.648. The molecule has 2 aromatic rings. The first-order valence-corrected chi connectivity index (χ1v) is 7.34. The Hall–Kier alpha value is -3.22. The highest BCUT2D eigenvalue weighted by Gasteiger charge is 2.19. The third-order valence-corrected chi connectivity index (χ3v) is 3.28. The Balaban J connectivity index is 2.10. The third-order valence-electron chi connectivity index (χ3n) is 3.28. The van der Waals surface area contributed by atoms with E-state index in [1.807, 2.05) is 0 Å². The van der Waals surface area contributed by atoms with Crippen LogP contribution in [0.3, 0.4) is 0 Å². The SMILES string of the molecule is CC(C)C(=O)Nc1ccc(NC(=O)c2ccccc2[N+](=O)[O-])cc1. The van der Waals surface area contributed by atoms with Crippen molar-refractivity contribution in [3.8, 4) is 0 Å². The monoisotopic (exact) mass is 327 g/mol. The number of nitro benzene ring substituents is 1.